The van der Waals surface area contributed by atoms with Crippen LogP contribution in [0.15, 0.2) is 58.9 Å². The van der Waals surface area contributed by atoms with Crippen molar-refractivity contribution in [3.63, 3.8) is 0 Å². The quantitative estimate of drug-likeness (QED) is 0.289. The number of hydrogen-bond donors (Lipinski definition) is 2. The highest BCUT2D eigenvalue weighted by atomic mass is 16.6. The van der Waals surface area contributed by atoms with Crippen molar-refractivity contribution >= 4 is 17.4 Å². The lowest BCUT2D eigenvalue weighted by atomic mass is 9.71. The summed E-state index contributed by atoms with van der Waals surface area (Å²) in [7, 11) is 2.85. The summed E-state index contributed by atoms with van der Waals surface area (Å²) in [6.07, 6.45) is 1.22. The van der Waals surface area contributed by atoms with Gasteiger partial charge >= 0.3 is 11.7 Å². The summed E-state index contributed by atoms with van der Waals surface area (Å²) in [6, 6.07) is 10.1. The van der Waals surface area contributed by atoms with E-state index in [2.05, 4.69) is 5.32 Å². The topological polar surface area (TPSA) is 137 Å². The van der Waals surface area contributed by atoms with Gasteiger partial charge in [-0.15, -0.1) is 0 Å². The molecule has 0 radical (unpaired) electrons. The van der Waals surface area contributed by atoms with Crippen LogP contribution in [-0.2, 0) is 14.3 Å². The molecule has 0 unspecified atom stereocenters. The van der Waals surface area contributed by atoms with E-state index >= 15 is 0 Å². The molecule has 10 heteroatoms. The van der Waals surface area contributed by atoms with Crippen LogP contribution in [-0.4, -0.2) is 42.6 Å². The van der Waals surface area contributed by atoms with E-state index in [4.69, 9.17) is 14.2 Å². The number of Topliss-reactive ketones (excluding diaryl/α,β-unsaturated/α-hetero) is 1. The van der Waals surface area contributed by atoms with Gasteiger partial charge in [0.1, 0.15) is 5.75 Å². The van der Waals surface area contributed by atoms with Crippen LogP contribution in [0.5, 0.6) is 17.2 Å². The Balaban J connectivity index is 1.89. The molecule has 10 nitrogen and oxygen atoms in total. The molecule has 1 aliphatic heterocycles. The summed E-state index contributed by atoms with van der Waals surface area (Å²) in [5.41, 5.74) is 2.21. The third-order valence-corrected chi connectivity index (χ3v) is 6.89. The Bertz CT molecular complexity index is 1360. The lowest BCUT2D eigenvalue weighted by Gasteiger charge is -2.37. The third kappa shape index (κ3) is 4.81. The largest absolute Gasteiger partial charge is 0.500 e. The van der Waals surface area contributed by atoms with E-state index in [1.54, 1.807) is 14.0 Å². The minimum absolute atomic E-state index is 0.135. The first kappa shape index (κ1) is 26.7. The molecule has 200 valence electrons. The van der Waals surface area contributed by atoms with E-state index in [-0.39, 0.29) is 41.6 Å². The number of nitro benzene ring substituents is 1. The van der Waals surface area contributed by atoms with E-state index in [0.29, 0.717) is 35.6 Å². The second-order valence-electron chi connectivity index (χ2n) is 9.24. The molecule has 2 atom stereocenters. The Morgan fingerprint density at radius 2 is 1.87 bits per heavy atom. The smallest absolute Gasteiger partial charge is 0.336 e. The molecule has 0 amide bonds. The Morgan fingerprint density at radius 3 is 2.53 bits per heavy atom. The van der Waals surface area contributed by atoms with Crippen molar-refractivity contribution in [3.05, 3.63) is 80.2 Å². The minimum atomic E-state index is -0.949. The van der Waals surface area contributed by atoms with Crippen LogP contribution in [0.1, 0.15) is 56.1 Å². The van der Waals surface area contributed by atoms with E-state index in [1.807, 2.05) is 31.2 Å². The highest BCUT2D eigenvalue weighted by Gasteiger charge is 2.42. The highest BCUT2D eigenvalue weighted by Crippen LogP contribution is 2.49. The fourth-order valence-corrected chi connectivity index (χ4v) is 5.21. The average molecular weight is 523 g/mol. The van der Waals surface area contributed by atoms with Gasteiger partial charge < -0.3 is 24.6 Å². The van der Waals surface area contributed by atoms with Gasteiger partial charge in [-0.2, -0.15) is 0 Å². The maximum Gasteiger partial charge on any atom is 0.336 e. The summed E-state index contributed by atoms with van der Waals surface area (Å²) >= 11 is 0. The second kappa shape index (κ2) is 11.0. The number of ether oxygens (including phenoxy) is 3. The summed E-state index contributed by atoms with van der Waals surface area (Å²) in [5.74, 6) is -2.04. The number of rotatable bonds is 8. The zero-order valence-electron chi connectivity index (χ0n) is 21.7. The predicted molar refractivity (Wildman–Crippen MR) is 138 cm³/mol. The van der Waals surface area contributed by atoms with Crippen molar-refractivity contribution in [2.75, 3.05) is 20.8 Å². The number of dihydropyridines is 1. The van der Waals surface area contributed by atoms with Crippen molar-refractivity contribution in [2.45, 2.75) is 44.9 Å². The van der Waals surface area contributed by atoms with E-state index in [9.17, 15) is 24.8 Å². The van der Waals surface area contributed by atoms with Crippen LogP contribution >= 0.6 is 0 Å². The highest BCUT2D eigenvalue weighted by molar-refractivity contribution is 6.04. The first-order valence-corrected chi connectivity index (χ1v) is 12.3. The van der Waals surface area contributed by atoms with Crippen LogP contribution in [0.3, 0.4) is 0 Å². The predicted octanol–water partition coefficient (Wildman–Crippen LogP) is 4.63. The first-order valence-electron chi connectivity index (χ1n) is 12.3. The van der Waals surface area contributed by atoms with Crippen molar-refractivity contribution in [1.29, 1.82) is 0 Å². The molecule has 0 spiro atoms. The van der Waals surface area contributed by atoms with Crippen molar-refractivity contribution in [1.82, 2.24) is 5.32 Å². The molecule has 38 heavy (non-hydrogen) atoms. The van der Waals surface area contributed by atoms with Gasteiger partial charge in [0.15, 0.2) is 11.5 Å². The Morgan fingerprint density at radius 1 is 1.16 bits per heavy atom. The number of nitrogens with one attached hydrogen (secondary N) is 1. The number of carbonyl (C=O) groups is 2. The van der Waals surface area contributed by atoms with Crippen LogP contribution in [0.25, 0.3) is 0 Å². The number of methoxy groups -OCH3 is 2. The number of aromatic hydroxyl groups is 1. The van der Waals surface area contributed by atoms with Crippen molar-refractivity contribution in [2.24, 2.45) is 0 Å². The van der Waals surface area contributed by atoms with Gasteiger partial charge in [0.05, 0.1) is 31.3 Å². The molecular weight excluding hydrogens is 492 g/mol. The number of benzene rings is 2. The minimum Gasteiger partial charge on any atom is -0.500 e. The summed E-state index contributed by atoms with van der Waals surface area (Å²) in [5, 5.41) is 25.3. The molecule has 4 rings (SSSR count). The van der Waals surface area contributed by atoms with Crippen LogP contribution in [0.2, 0.25) is 0 Å². The first-order chi connectivity index (χ1) is 18.2. The monoisotopic (exact) mass is 522 g/mol. The van der Waals surface area contributed by atoms with E-state index < -0.39 is 28.2 Å². The molecule has 0 saturated heterocycles. The van der Waals surface area contributed by atoms with Gasteiger partial charge in [-0.25, -0.2) is 4.79 Å². The van der Waals surface area contributed by atoms with E-state index in [1.165, 1.54) is 19.2 Å². The average Bonchev–Trinajstić information content (AvgIpc) is 2.90. The molecule has 2 aliphatic rings. The van der Waals surface area contributed by atoms with Crippen LogP contribution in [0.4, 0.5) is 5.69 Å². The lowest BCUT2D eigenvalue weighted by Crippen LogP contribution is -2.36. The number of nitrogens with zero attached hydrogens (tertiary/aromatic N) is 1. The molecule has 0 saturated carbocycles. The second-order valence-corrected chi connectivity index (χ2v) is 9.24. The zero-order chi connectivity index (χ0) is 27.6. The number of phenolic OH excluding ortho intramolecular Hbond substituents is 1. The number of allylic oxidation sites excluding steroid dienone is 3. The number of ketones is 1. The van der Waals surface area contributed by atoms with Crippen molar-refractivity contribution < 1.29 is 33.8 Å². The number of nitro groups is 1. The number of para-hydroxylation sites is 1. The molecule has 0 fully saturated rings. The van der Waals surface area contributed by atoms with Gasteiger partial charge in [0, 0.05) is 41.3 Å². The number of esters is 1. The molecule has 0 bridgehead atoms. The SMILES string of the molecule is CCCOC(=O)C1=C(C)NC2=C(C(=O)C[C@H](c3ccccc3OC)C2)[C@H]1c1cc(OC)c(O)c([N+](=O)[O-])c1. The van der Waals surface area contributed by atoms with Gasteiger partial charge in [-0.1, -0.05) is 25.1 Å². The fraction of sp³-hybridized carbons (Fsp3) is 0.357. The van der Waals surface area contributed by atoms with Gasteiger partial charge in [0.25, 0.3) is 0 Å². The Labute approximate surface area is 220 Å². The number of hydrogen-bond acceptors (Lipinski definition) is 9. The van der Waals surface area contributed by atoms with Gasteiger partial charge in [-0.05, 0) is 43.0 Å². The molecule has 2 aromatic rings. The number of carbonyl (C=O) groups excluding carboxylic acids is 2. The maximum atomic E-state index is 13.8. The third-order valence-electron chi connectivity index (χ3n) is 6.89. The number of phenols is 1. The fourth-order valence-electron chi connectivity index (χ4n) is 5.21. The maximum absolute atomic E-state index is 13.8. The Kier molecular flexibility index (Phi) is 7.70. The lowest BCUT2D eigenvalue weighted by molar-refractivity contribution is -0.386. The van der Waals surface area contributed by atoms with E-state index in [0.717, 1.165) is 5.56 Å². The summed E-state index contributed by atoms with van der Waals surface area (Å²) in [4.78, 5) is 38.1. The molecule has 2 N–H and O–H groups in total. The molecule has 0 aromatic heterocycles. The summed E-state index contributed by atoms with van der Waals surface area (Å²) < 4.78 is 16.2. The molecule has 2 aromatic carbocycles. The summed E-state index contributed by atoms with van der Waals surface area (Å²) in [6.45, 7) is 3.75. The molecule has 1 heterocycles. The van der Waals surface area contributed by atoms with Gasteiger partial charge in [0.2, 0.25) is 5.75 Å². The van der Waals surface area contributed by atoms with Crippen LogP contribution < -0.4 is 14.8 Å². The molecule has 1 aliphatic carbocycles. The standard InChI is InChI=1S/C28H30N2O8/c1-5-10-38-28(33)24-15(2)29-19-11-16(18-8-6-7-9-22(18)36-3)13-21(31)26(19)25(24)17-12-20(30(34)35)27(32)23(14-17)37-4/h6-9,12,14,16,25,29,32H,5,10-11,13H2,1-4H3/t16-,25+/m1/s1. The normalized spacial score (nSPS) is 19.0. The van der Waals surface area contributed by atoms with Crippen LogP contribution in [0, 0.1) is 10.1 Å². The van der Waals surface area contributed by atoms with Gasteiger partial charge in [-0.3, -0.25) is 14.9 Å². The Hall–Kier alpha value is -4.34. The molecular formula is C28H30N2O8. The van der Waals surface area contributed by atoms with Crippen molar-refractivity contribution in [3.8, 4) is 17.2 Å². The zero-order valence-corrected chi connectivity index (χ0v) is 21.7.